The molecule has 2 fully saturated rings. The summed E-state index contributed by atoms with van der Waals surface area (Å²) in [4.78, 5) is 16.5. The maximum atomic E-state index is 11.7. The van der Waals surface area contributed by atoms with Crippen molar-refractivity contribution in [3.63, 3.8) is 0 Å². The van der Waals surface area contributed by atoms with Gasteiger partial charge in [0, 0.05) is 34.4 Å². The van der Waals surface area contributed by atoms with Crippen LogP contribution in [0.3, 0.4) is 0 Å². The van der Waals surface area contributed by atoms with Crippen LogP contribution in [-0.2, 0) is 4.79 Å². The standard InChI is InChI=1S/C23H23ClN6O/c1-13(15-4-3-5-18(24)9-15)26-20-11-21(28-19-6-7-19)30-23(29-20)17(12-25-30)8-16-10-22(31)27-14(16)2/h3-5,8-9,11-13,19,28H,2,6-7,10H2,1H3,(H,26,29)(H,27,31)/b16-8+/t13-/m0/s1. The van der Waals surface area contributed by atoms with Crippen LogP contribution in [0.25, 0.3) is 11.7 Å². The number of anilines is 2. The van der Waals surface area contributed by atoms with E-state index < -0.39 is 0 Å². The number of amides is 1. The number of nitrogens with one attached hydrogen (secondary N) is 3. The molecule has 0 unspecified atom stereocenters. The van der Waals surface area contributed by atoms with E-state index in [9.17, 15) is 4.79 Å². The number of rotatable bonds is 6. The second-order valence-electron chi connectivity index (χ2n) is 8.07. The summed E-state index contributed by atoms with van der Waals surface area (Å²) in [6, 6.07) is 10.3. The molecule has 1 aliphatic heterocycles. The fraction of sp³-hybridized carbons (Fsp3) is 0.261. The molecule has 2 aromatic heterocycles. The van der Waals surface area contributed by atoms with Crippen molar-refractivity contribution in [3.05, 3.63) is 70.5 Å². The molecule has 0 spiro atoms. The van der Waals surface area contributed by atoms with Gasteiger partial charge in [0.15, 0.2) is 5.65 Å². The van der Waals surface area contributed by atoms with Crippen LogP contribution in [0.4, 0.5) is 11.6 Å². The molecule has 1 aliphatic carbocycles. The third-order valence-electron chi connectivity index (χ3n) is 5.50. The summed E-state index contributed by atoms with van der Waals surface area (Å²) >= 11 is 6.16. The number of fused-ring (bicyclic) bond motifs is 1. The molecule has 1 amide bonds. The minimum Gasteiger partial charge on any atom is -0.367 e. The molecule has 3 N–H and O–H groups in total. The summed E-state index contributed by atoms with van der Waals surface area (Å²) < 4.78 is 1.81. The first-order chi connectivity index (χ1) is 15.0. The molecule has 1 aromatic carbocycles. The Hall–Kier alpha value is -3.32. The highest BCUT2D eigenvalue weighted by atomic mass is 35.5. The number of aromatic nitrogens is 3. The number of halogens is 1. The van der Waals surface area contributed by atoms with Crippen molar-refractivity contribution in [1.29, 1.82) is 0 Å². The number of allylic oxidation sites excluding steroid dienone is 1. The molecule has 1 saturated carbocycles. The predicted octanol–water partition coefficient (Wildman–Crippen LogP) is 4.55. The van der Waals surface area contributed by atoms with E-state index in [2.05, 4.69) is 34.6 Å². The molecule has 5 rings (SSSR count). The largest absolute Gasteiger partial charge is 0.367 e. The van der Waals surface area contributed by atoms with E-state index in [0.29, 0.717) is 28.8 Å². The second kappa shape index (κ2) is 7.74. The zero-order chi connectivity index (χ0) is 21.5. The van der Waals surface area contributed by atoms with Crippen LogP contribution in [0.15, 0.2) is 54.4 Å². The number of benzene rings is 1. The van der Waals surface area contributed by atoms with Gasteiger partial charge in [-0.25, -0.2) is 4.98 Å². The Labute approximate surface area is 185 Å². The molecule has 2 aliphatic rings. The summed E-state index contributed by atoms with van der Waals surface area (Å²) in [5.41, 5.74) is 4.11. The average Bonchev–Trinajstić information content (AvgIpc) is 3.37. The van der Waals surface area contributed by atoms with Gasteiger partial charge in [-0.15, -0.1) is 0 Å². The number of carbonyl (C=O) groups is 1. The Morgan fingerprint density at radius 3 is 2.90 bits per heavy atom. The first kappa shape index (κ1) is 19.6. The zero-order valence-electron chi connectivity index (χ0n) is 17.2. The van der Waals surface area contributed by atoms with Crippen molar-refractivity contribution < 1.29 is 4.79 Å². The molecule has 31 heavy (non-hydrogen) atoms. The van der Waals surface area contributed by atoms with Gasteiger partial charge in [0.25, 0.3) is 0 Å². The van der Waals surface area contributed by atoms with Gasteiger partial charge in [-0.1, -0.05) is 30.3 Å². The zero-order valence-corrected chi connectivity index (χ0v) is 17.9. The van der Waals surface area contributed by atoms with Gasteiger partial charge >= 0.3 is 0 Å². The van der Waals surface area contributed by atoms with Crippen LogP contribution in [0.1, 0.15) is 43.4 Å². The fourth-order valence-corrected chi connectivity index (χ4v) is 3.87. The highest BCUT2D eigenvalue weighted by Gasteiger charge is 2.24. The third-order valence-corrected chi connectivity index (χ3v) is 5.74. The second-order valence-corrected chi connectivity index (χ2v) is 8.51. The van der Waals surface area contributed by atoms with Crippen LogP contribution in [0.5, 0.6) is 0 Å². The van der Waals surface area contributed by atoms with E-state index in [0.717, 1.165) is 41.2 Å². The maximum Gasteiger partial charge on any atom is 0.228 e. The van der Waals surface area contributed by atoms with E-state index in [1.165, 1.54) is 0 Å². The molecule has 7 nitrogen and oxygen atoms in total. The van der Waals surface area contributed by atoms with Gasteiger partial charge in [-0.3, -0.25) is 4.79 Å². The first-order valence-electron chi connectivity index (χ1n) is 10.3. The van der Waals surface area contributed by atoms with E-state index in [1.807, 2.05) is 40.9 Å². The lowest BCUT2D eigenvalue weighted by Gasteiger charge is -2.17. The van der Waals surface area contributed by atoms with Crippen molar-refractivity contribution in [2.75, 3.05) is 10.6 Å². The van der Waals surface area contributed by atoms with Crippen molar-refractivity contribution in [1.82, 2.24) is 19.9 Å². The van der Waals surface area contributed by atoms with Gasteiger partial charge < -0.3 is 16.0 Å². The van der Waals surface area contributed by atoms with Gasteiger partial charge in [-0.2, -0.15) is 9.61 Å². The molecule has 0 radical (unpaired) electrons. The number of hydrogen-bond donors (Lipinski definition) is 3. The molecule has 3 aromatic rings. The molecule has 1 saturated heterocycles. The number of carbonyl (C=O) groups excluding carboxylic acids is 1. The van der Waals surface area contributed by atoms with Crippen LogP contribution >= 0.6 is 11.6 Å². The lowest BCUT2D eigenvalue weighted by atomic mass is 10.1. The molecule has 0 bridgehead atoms. The Balaban J connectivity index is 1.53. The molecule has 8 heteroatoms. The van der Waals surface area contributed by atoms with Crippen molar-refractivity contribution >= 4 is 40.9 Å². The highest BCUT2D eigenvalue weighted by Crippen LogP contribution is 2.30. The van der Waals surface area contributed by atoms with Crippen LogP contribution in [0, 0.1) is 0 Å². The molecular weight excluding hydrogens is 412 g/mol. The number of hydrogen-bond acceptors (Lipinski definition) is 5. The molecule has 158 valence electrons. The lowest BCUT2D eigenvalue weighted by Crippen LogP contribution is -2.12. The van der Waals surface area contributed by atoms with Crippen molar-refractivity contribution in [2.45, 2.75) is 38.3 Å². The first-order valence-corrected chi connectivity index (χ1v) is 10.7. The van der Waals surface area contributed by atoms with Gasteiger partial charge in [-0.05, 0) is 49.1 Å². The van der Waals surface area contributed by atoms with E-state index in [1.54, 1.807) is 6.20 Å². The van der Waals surface area contributed by atoms with Crippen molar-refractivity contribution in [3.8, 4) is 0 Å². The van der Waals surface area contributed by atoms with Crippen LogP contribution in [0.2, 0.25) is 5.02 Å². The summed E-state index contributed by atoms with van der Waals surface area (Å²) in [5, 5.41) is 15.0. The Morgan fingerprint density at radius 2 is 2.19 bits per heavy atom. The predicted molar refractivity (Wildman–Crippen MR) is 123 cm³/mol. The Kier molecular flexibility index (Phi) is 4.90. The molecule has 1 atom stereocenters. The van der Waals surface area contributed by atoms with Gasteiger partial charge in [0.05, 0.1) is 12.6 Å². The van der Waals surface area contributed by atoms with Gasteiger partial charge in [0.2, 0.25) is 5.91 Å². The number of nitrogens with zero attached hydrogens (tertiary/aromatic N) is 3. The average molecular weight is 435 g/mol. The Morgan fingerprint density at radius 1 is 1.35 bits per heavy atom. The van der Waals surface area contributed by atoms with E-state index in [4.69, 9.17) is 16.6 Å². The lowest BCUT2D eigenvalue weighted by molar-refractivity contribution is -0.118. The van der Waals surface area contributed by atoms with Crippen LogP contribution in [-0.4, -0.2) is 26.5 Å². The normalized spacial score (nSPS) is 18.5. The topological polar surface area (TPSA) is 83.4 Å². The van der Waals surface area contributed by atoms with E-state index >= 15 is 0 Å². The smallest absolute Gasteiger partial charge is 0.228 e. The Bertz CT molecular complexity index is 1230. The SMILES string of the molecule is C=C1NC(=O)C/C1=C\c1cnn2c(NC3CC3)cc(N[C@@H](C)c3cccc(Cl)c3)nc12. The quantitative estimate of drug-likeness (QED) is 0.530. The maximum absolute atomic E-state index is 11.7. The summed E-state index contributed by atoms with van der Waals surface area (Å²) in [7, 11) is 0. The third kappa shape index (κ3) is 4.14. The minimum atomic E-state index is -0.0468. The van der Waals surface area contributed by atoms with Crippen molar-refractivity contribution in [2.24, 2.45) is 0 Å². The summed E-state index contributed by atoms with van der Waals surface area (Å²) in [6.45, 7) is 6.00. The van der Waals surface area contributed by atoms with Crippen LogP contribution < -0.4 is 16.0 Å². The minimum absolute atomic E-state index is 0.0172. The van der Waals surface area contributed by atoms with Gasteiger partial charge in [0.1, 0.15) is 11.6 Å². The monoisotopic (exact) mass is 434 g/mol. The fourth-order valence-electron chi connectivity index (χ4n) is 3.67. The highest BCUT2D eigenvalue weighted by molar-refractivity contribution is 6.30. The van der Waals surface area contributed by atoms with E-state index in [-0.39, 0.29) is 11.9 Å². The molecular formula is C23H23ClN6O. The summed E-state index contributed by atoms with van der Waals surface area (Å²) in [6.07, 6.45) is 6.32. The molecule has 3 heterocycles. The summed E-state index contributed by atoms with van der Waals surface area (Å²) in [5.74, 6) is 1.58.